The summed E-state index contributed by atoms with van der Waals surface area (Å²) in [6, 6.07) is 3.18. The molecule has 13 heteroatoms. The van der Waals surface area contributed by atoms with Gasteiger partial charge in [-0.1, -0.05) is 18.3 Å². The number of fused-ring (bicyclic) bond motifs is 1. The Kier molecular flexibility index (Phi) is 7.62. The molecule has 0 saturated carbocycles. The van der Waals surface area contributed by atoms with Crippen LogP contribution in [0.3, 0.4) is 0 Å². The molecule has 1 aliphatic heterocycles. The van der Waals surface area contributed by atoms with Gasteiger partial charge in [-0.25, -0.2) is 13.8 Å². The van der Waals surface area contributed by atoms with E-state index in [0.717, 1.165) is 4.57 Å². The fraction of sp³-hybridized carbons (Fsp3) is 0.423. The standard InChI is InChI=1S/C26H29FN6O5S/c1-4-12-38-20(17-13-16(27)7-8-19(17)37-3)14-31-25-21(15(2)24(39-25)33-29-10-11-30-33)23(35)32(26(31)36)18-6-5-9-28-22(18)34/h7-8,10-11,13,18,20H,4-6,9,12,14H2,1-3H3,(H,28,34)/t18-,20+/m1/s1. The smallest absolute Gasteiger partial charge is 0.332 e. The van der Waals surface area contributed by atoms with E-state index in [1.54, 1.807) is 6.92 Å². The summed E-state index contributed by atoms with van der Waals surface area (Å²) in [5, 5.41) is 12.0. The van der Waals surface area contributed by atoms with Gasteiger partial charge in [-0.15, -0.1) is 4.80 Å². The predicted octanol–water partition coefficient (Wildman–Crippen LogP) is 2.88. The van der Waals surface area contributed by atoms with Gasteiger partial charge in [0.25, 0.3) is 5.56 Å². The van der Waals surface area contributed by atoms with Crippen LogP contribution in [0.1, 0.15) is 49.5 Å². The lowest BCUT2D eigenvalue weighted by Gasteiger charge is -2.26. The predicted molar refractivity (Wildman–Crippen MR) is 143 cm³/mol. The molecule has 5 rings (SSSR count). The average molecular weight is 557 g/mol. The number of carbonyl (C=O) groups excluding carboxylic acids is 1. The number of piperidine rings is 1. The van der Waals surface area contributed by atoms with Crippen LogP contribution in [0.2, 0.25) is 0 Å². The van der Waals surface area contributed by atoms with Gasteiger partial charge in [0.15, 0.2) is 0 Å². The van der Waals surface area contributed by atoms with Crippen molar-refractivity contribution < 1.29 is 18.7 Å². The Bertz CT molecular complexity index is 1630. The Morgan fingerprint density at radius 1 is 1.23 bits per heavy atom. The van der Waals surface area contributed by atoms with Crippen LogP contribution in [-0.2, 0) is 16.1 Å². The number of halogens is 1. The van der Waals surface area contributed by atoms with Crippen molar-refractivity contribution in [2.75, 3.05) is 20.3 Å². The maximum atomic E-state index is 14.4. The quantitative estimate of drug-likeness (QED) is 0.336. The van der Waals surface area contributed by atoms with Crippen LogP contribution in [0.5, 0.6) is 5.75 Å². The Morgan fingerprint density at radius 3 is 2.69 bits per heavy atom. The molecule has 0 radical (unpaired) electrons. The number of methoxy groups -OCH3 is 1. The molecule has 3 aromatic heterocycles. The van der Waals surface area contributed by atoms with E-state index in [-0.39, 0.29) is 12.5 Å². The zero-order valence-electron chi connectivity index (χ0n) is 21.8. The van der Waals surface area contributed by atoms with Crippen molar-refractivity contribution in [3.05, 3.63) is 68.4 Å². The van der Waals surface area contributed by atoms with E-state index < -0.39 is 29.2 Å². The van der Waals surface area contributed by atoms with E-state index in [1.165, 1.54) is 58.4 Å². The minimum absolute atomic E-state index is 0.0459. The number of nitrogens with one attached hydrogen (secondary N) is 1. The third-order valence-corrected chi connectivity index (χ3v) is 8.08. The topological polar surface area (TPSA) is 122 Å². The zero-order chi connectivity index (χ0) is 27.7. The minimum Gasteiger partial charge on any atom is -0.496 e. The van der Waals surface area contributed by atoms with Crippen LogP contribution < -0.4 is 21.3 Å². The van der Waals surface area contributed by atoms with E-state index >= 15 is 0 Å². The van der Waals surface area contributed by atoms with Crippen molar-refractivity contribution in [1.29, 1.82) is 0 Å². The van der Waals surface area contributed by atoms with Gasteiger partial charge in [0, 0.05) is 24.3 Å². The third-order valence-electron chi connectivity index (χ3n) is 6.80. The molecule has 1 N–H and O–H groups in total. The van der Waals surface area contributed by atoms with Crippen molar-refractivity contribution in [3.8, 4) is 10.8 Å². The lowest BCUT2D eigenvalue weighted by Crippen LogP contribution is -2.49. The molecule has 1 amide bonds. The Balaban J connectivity index is 1.76. The van der Waals surface area contributed by atoms with Gasteiger partial charge in [-0.2, -0.15) is 10.2 Å². The number of nitrogens with zero attached hydrogens (tertiary/aromatic N) is 5. The molecule has 2 atom stereocenters. The highest BCUT2D eigenvalue weighted by atomic mass is 32.1. The normalized spacial score (nSPS) is 16.4. The molecular formula is C26H29FN6O5S. The second-order valence-electron chi connectivity index (χ2n) is 9.29. The molecule has 1 saturated heterocycles. The number of hydrogen-bond acceptors (Lipinski definition) is 8. The summed E-state index contributed by atoms with van der Waals surface area (Å²) >= 11 is 1.19. The first kappa shape index (κ1) is 26.8. The highest BCUT2D eigenvalue weighted by Crippen LogP contribution is 2.34. The molecule has 0 unspecified atom stereocenters. The van der Waals surface area contributed by atoms with E-state index in [4.69, 9.17) is 9.47 Å². The van der Waals surface area contributed by atoms with Crippen LogP contribution in [0.4, 0.5) is 4.39 Å². The summed E-state index contributed by atoms with van der Waals surface area (Å²) in [5.41, 5.74) is -0.170. The zero-order valence-corrected chi connectivity index (χ0v) is 22.7. The minimum atomic E-state index is -0.946. The fourth-order valence-corrected chi connectivity index (χ4v) is 6.15. The van der Waals surface area contributed by atoms with E-state index in [2.05, 4.69) is 15.5 Å². The van der Waals surface area contributed by atoms with Crippen LogP contribution in [0.15, 0.2) is 40.2 Å². The van der Waals surface area contributed by atoms with Gasteiger partial charge in [0.2, 0.25) is 5.91 Å². The molecule has 1 fully saturated rings. The molecule has 39 heavy (non-hydrogen) atoms. The second kappa shape index (κ2) is 11.1. The molecule has 1 aliphatic rings. The number of amides is 1. The molecule has 1 aromatic carbocycles. The van der Waals surface area contributed by atoms with Gasteiger partial charge in [-0.3, -0.25) is 14.2 Å². The lowest BCUT2D eigenvalue weighted by atomic mass is 10.1. The van der Waals surface area contributed by atoms with Gasteiger partial charge < -0.3 is 14.8 Å². The van der Waals surface area contributed by atoms with Crippen LogP contribution in [0, 0.1) is 12.7 Å². The number of aryl methyl sites for hydroxylation is 1. The highest BCUT2D eigenvalue weighted by molar-refractivity contribution is 7.21. The SMILES string of the molecule is CCCO[C@@H](Cn1c(=O)n([C@@H]2CCCNC2=O)c(=O)c2c(C)c(-n3nccn3)sc21)c1cc(F)ccc1OC. The van der Waals surface area contributed by atoms with Gasteiger partial charge in [-0.05, 0) is 44.4 Å². The number of benzene rings is 1. The van der Waals surface area contributed by atoms with E-state index in [0.29, 0.717) is 64.5 Å². The van der Waals surface area contributed by atoms with Crippen molar-refractivity contribution >= 4 is 27.5 Å². The first-order valence-electron chi connectivity index (χ1n) is 12.7. The molecule has 0 spiro atoms. The van der Waals surface area contributed by atoms with Crippen LogP contribution in [0.25, 0.3) is 15.2 Å². The summed E-state index contributed by atoms with van der Waals surface area (Å²) in [4.78, 5) is 42.5. The number of rotatable bonds is 9. The van der Waals surface area contributed by atoms with Crippen LogP contribution >= 0.6 is 11.3 Å². The second-order valence-corrected chi connectivity index (χ2v) is 10.3. The number of carbonyl (C=O) groups is 1. The maximum absolute atomic E-state index is 14.4. The van der Waals surface area contributed by atoms with E-state index in [9.17, 15) is 18.8 Å². The highest BCUT2D eigenvalue weighted by Gasteiger charge is 2.31. The van der Waals surface area contributed by atoms with Crippen LogP contribution in [-0.4, -0.2) is 50.3 Å². The number of hydrogen-bond donors (Lipinski definition) is 1. The molecule has 0 bridgehead atoms. The first-order chi connectivity index (χ1) is 18.8. The largest absolute Gasteiger partial charge is 0.496 e. The van der Waals surface area contributed by atoms with Crippen molar-refractivity contribution in [2.45, 2.75) is 51.8 Å². The number of thiophene rings is 1. The molecule has 11 nitrogen and oxygen atoms in total. The summed E-state index contributed by atoms with van der Waals surface area (Å²) in [6.07, 6.45) is 3.94. The summed E-state index contributed by atoms with van der Waals surface area (Å²) in [7, 11) is 1.48. The van der Waals surface area contributed by atoms with Gasteiger partial charge >= 0.3 is 5.69 Å². The fourth-order valence-electron chi connectivity index (χ4n) is 4.93. The number of aromatic nitrogens is 5. The average Bonchev–Trinajstić information content (AvgIpc) is 3.57. The third kappa shape index (κ3) is 4.87. The molecule has 0 aliphatic carbocycles. The van der Waals surface area contributed by atoms with Crippen molar-refractivity contribution in [2.24, 2.45) is 0 Å². The summed E-state index contributed by atoms with van der Waals surface area (Å²) in [6.45, 7) is 4.49. The Hall–Kier alpha value is -3.84. The monoisotopic (exact) mass is 556 g/mol. The Labute approximate surface area is 226 Å². The summed E-state index contributed by atoms with van der Waals surface area (Å²) in [5.74, 6) is -0.444. The van der Waals surface area contributed by atoms with Gasteiger partial charge in [0.1, 0.15) is 33.5 Å². The molecule has 206 valence electrons. The van der Waals surface area contributed by atoms with Gasteiger partial charge in [0.05, 0.1) is 31.4 Å². The maximum Gasteiger partial charge on any atom is 0.332 e. The Morgan fingerprint density at radius 2 is 2.00 bits per heavy atom. The summed E-state index contributed by atoms with van der Waals surface area (Å²) < 4.78 is 28.5. The molecular weight excluding hydrogens is 527 g/mol. The number of ether oxygens (including phenoxy) is 2. The van der Waals surface area contributed by atoms with Crippen molar-refractivity contribution in [1.82, 2.24) is 29.4 Å². The first-order valence-corrected chi connectivity index (χ1v) is 13.5. The van der Waals surface area contributed by atoms with E-state index in [1.807, 2.05) is 6.92 Å². The van der Waals surface area contributed by atoms with Crippen molar-refractivity contribution in [3.63, 3.8) is 0 Å². The molecule has 4 heterocycles. The lowest BCUT2D eigenvalue weighted by molar-refractivity contribution is -0.126. The molecule has 4 aromatic rings.